The maximum atomic E-state index is 14.6. The van der Waals surface area contributed by atoms with Gasteiger partial charge in [0.1, 0.15) is 0 Å². The number of carbonyl (C=O) groups excluding carboxylic acids is 1. The number of halogens is 21. The molecule has 6 fully saturated rings. The highest BCUT2D eigenvalue weighted by atomic mass is 19.4. The van der Waals surface area contributed by atoms with Gasteiger partial charge in [-0.25, -0.2) is 0 Å². The molecular formula is C35H41F21O4. The normalized spacial score (nSPS) is 34.0. The molecule has 8 atom stereocenters. The minimum atomic E-state index is -6.84. The van der Waals surface area contributed by atoms with Crippen LogP contribution in [0.5, 0.6) is 0 Å². The Labute approximate surface area is 327 Å². The van der Waals surface area contributed by atoms with Crippen molar-refractivity contribution in [1.29, 1.82) is 0 Å². The summed E-state index contributed by atoms with van der Waals surface area (Å²) in [4.78, 5) is 12.6. The van der Waals surface area contributed by atoms with Crippen molar-refractivity contribution in [2.45, 2.75) is 152 Å². The molecule has 0 saturated heterocycles. The third kappa shape index (κ3) is 7.31. The highest BCUT2D eigenvalue weighted by Gasteiger charge is 2.89. The van der Waals surface area contributed by atoms with Crippen LogP contribution in [0.3, 0.4) is 0 Å². The maximum Gasteiger partial charge on any atom is 0.438 e. The van der Waals surface area contributed by atoms with Crippen molar-refractivity contribution < 1.29 is 112 Å². The van der Waals surface area contributed by atoms with Crippen LogP contribution in [0.4, 0.5) is 92.2 Å². The predicted octanol–water partition coefficient (Wildman–Crippen LogP) is 12.0. The van der Waals surface area contributed by atoms with Crippen LogP contribution in [0.25, 0.3) is 0 Å². The SMILES string of the molecule is CC1C2CC(CC(O)(C(F)(F)F)C(F)(F)F)C(C2)C1C.CCC(C)(C(=O)OC(C(F)(F)F)(C(F)(F)F)C12CC3CC(CC(C(O)(C(F)(F)F)C(F)(F)F)(C3)C1)C2)C(F)(F)F. The van der Waals surface area contributed by atoms with E-state index in [0.717, 1.165) is 0 Å². The zero-order valence-corrected chi connectivity index (χ0v) is 31.8. The number of hydrogen-bond donors (Lipinski definition) is 2. The summed E-state index contributed by atoms with van der Waals surface area (Å²) in [7, 11) is 0. The fourth-order valence-corrected chi connectivity index (χ4v) is 11.7. The van der Waals surface area contributed by atoms with E-state index in [1.54, 1.807) is 0 Å². The highest BCUT2D eigenvalue weighted by molar-refractivity contribution is 5.78. The number of alkyl halides is 21. The van der Waals surface area contributed by atoms with Gasteiger partial charge in [0.2, 0.25) is 0 Å². The lowest BCUT2D eigenvalue weighted by atomic mass is 9.37. The van der Waals surface area contributed by atoms with Crippen LogP contribution in [0.15, 0.2) is 0 Å². The van der Waals surface area contributed by atoms with E-state index in [2.05, 4.69) is 4.74 Å². The van der Waals surface area contributed by atoms with Crippen LogP contribution in [-0.4, -0.2) is 76.2 Å². The van der Waals surface area contributed by atoms with Gasteiger partial charge in [-0.1, -0.05) is 20.8 Å². The van der Waals surface area contributed by atoms with Gasteiger partial charge in [-0.3, -0.25) is 4.79 Å². The summed E-state index contributed by atoms with van der Waals surface area (Å²) in [6.45, 7) is 4.43. The molecule has 6 saturated carbocycles. The molecule has 0 aromatic heterocycles. The van der Waals surface area contributed by atoms with Crippen molar-refractivity contribution in [2.75, 3.05) is 0 Å². The fraction of sp³-hybridized carbons (Fsp3) is 0.971. The molecule has 0 aromatic carbocycles. The third-order valence-electron chi connectivity index (χ3n) is 14.8. The first-order valence-corrected chi connectivity index (χ1v) is 18.5. The van der Waals surface area contributed by atoms with Gasteiger partial charge in [-0.2, -0.15) is 92.2 Å². The van der Waals surface area contributed by atoms with E-state index in [-0.39, 0.29) is 24.7 Å². The Bertz CT molecular complexity index is 1530. The van der Waals surface area contributed by atoms with E-state index in [4.69, 9.17) is 0 Å². The van der Waals surface area contributed by atoms with Crippen LogP contribution >= 0.6 is 0 Å². The smallest absolute Gasteiger partial charge is 0.438 e. The largest absolute Gasteiger partial charge is 0.438 e. The van der Waals surface area contributed by atoms with Gasteiger partial charge in [0.05, 0.1) is 0 Å². The molecule has 8 unspecified atom stereocenters. The first-order valence-electron chi connectivity index (χ1n) is 18.5. The maximum absolute atomic E-state index is 14.6. The molecule has 60 heavy (non-hydrogen) atoms. The van der Waals surface area contributed by atoms with Gasteiger partial charge >= 0.3 is 54.8 Å². The van der Waals surface area contributed by atoms with Gasteiger partial charge in [0.25, 0.3) is 11.2 Å². The standard InChI is InChI=1S/C22H23F15O3.C13H18F6O/c1-3-13(2,18(23,24)25)12(38)40-17(21(32,33)34,22(35,36)37)15-7-10-4-11(8-15)6-14(5-10,9-15)16(39,19(26,27)28)20(29,30)31;1-6-7(2)10-4-8(6)3-9(10)5-11(20,12(14,15)16)13(17,18)19/h10-11,39H,3-9H2,1-2H3;6-10,20H,3-5H2,1-2H3. The lowest BCUT2D eigenvalue weighted by Crippen LogP contribution is -2.78. The minimum absolute atomic E-state index is 0.0416. The number of rotatable bonds is 7. The van der Waals surface area contributed by atoms with Crippen molar-refractivity contribution in [1.82, 2.24) is 0 Å². The Morgan fingerprint density at radius 2 is 1.00 bits per heavy atom. The molecule has 0 radical (unpaired) electrons. The Morgan fingerprint density at radius 3 is 1.32 bits per heavy atom. The molecule has 2 N–H and O–H groups in total. The molecular weight excluding hydrogens is 883 g/mol. The summed E-state index contributed by atoms with van der Waals surface area (Å²) in [6.07, 6.45) is -53.6. The molecule has 25 heteroatoms. The van der Waals surface area contributed by atoms with Crippen molar-refractivity contribution in [3.05, 3.63) is 0 Å². The first kappa shape index (κ1) is 50.6. The van der Waals surface area contributed by atoms with Crippen LogP contribution in [0.2, 0.25) is 0 Å². The summed E-state index contributed by atoms with van der Waals surface area (Å²) < 4.78 is 292. The predicted molar refractivity (Wildman–Crippen MR) is 162 cm³/mol. The zero-order valence-electron chi connectivity index (χ0n) is 31.8. The number of aliphatic hydroxyl groups is 2. The van der Waals surface area contributed by atoms with Crippen LogP contribution in [-0.2, 0) is 9.53 Å². The summed E-state index contributed by atoms with van der Waals surface area (Å²) in [5.41, 5.74) is -27.7. The molecule has 6 bridgehead atoms. The Balaban J connectivity index is 0.000000331. The second-order valence-corrected chi connectivity index (χ2v) is 17.9. The number of ether oxygens (including phenoxy) is 1. The average Bonchev–Trinajstić information content (AvgIpc) is 3.55. The van der Waals surface area contributed by atoms with Gasteiger partial charge in [0, 0.05) is 10.8 Å². The van der Waals surface area contributed by atoms with Crippen molar-refractivity contribution in [3.63, 3.8) is 0 Å². The molecule has 352 valence electrons. The lowest BCUT2D eigenvalue weighted by molar-refractivity contribution is -0.450. The second-order valence-electron chi connectivity index (χ2n) is 17.9. The van der Waals surface area contributed by atoms with Crippen molar-refractivity contribution >= 4 is 5.97 Å². The number of hydrogen-bond acceptors (Lipinski definition) is 4. The molecule has 0 heterocycles. The van der Waals surface area contributed by atoms with E-state index >= 15 is 0 Å². The summed E-state index contributed by atoms with van der Waals surface area (Å²) >= 11 is 0. The fourth-order valence-electron chi connectivity index (χ4n) is 11.7. The summed E-state index contributed by atoms with van der Waals surface area (Å²) in [6, 6.07) is 0. The van der Waals surface area contributed by atoms with E-state index in [1.807, 2.05) is 13.8 Å². The number of fused-ring (bicyclic) bond motifs is 2. The molecule has 0 spiro atoms. The molecule has 6 rings (SSSR count). The molecule has 0 aromatic rings. The van der Waals surface area contributed by atoms with E-state index < -0.39 is 151 Å². The Morgan fingerprint density at radius 1 is 0.583 bits per heavy atom. The van der Waals surface area contributed by atoms with Crippen LogP contribution < -0.4 is 0 Å². The monoisotopic (exact) mass is 924 g/mol. The molecule has 6 aliphatic carbocycles. The highest BCUT2D eigenvalue weighted by Crippen LogP contribution is 2.77. The number of carbonyl (C=O) groups is 1. The van der Waals surface area contributed by atoms with Gasteiger partial charge in [0.15, 0.2) is 5.41 Å². The zero-order chi connectivity index (χ0) is 46.9. The molecule has 0 amide bonds. The topological polar surface area (TPSA) is 66.8 Å². The Hall–Kier alpha value is -2.08. The second kappa shape index (κ2) is 14.5. The quantitative estimate of drug-likeness (QED) is 0.197. The van der Waals surface area contributed by atoms with Gasteiger partial charge in [-0.05, 0) is 113 Å². The third-order valence-corrected chi connectivity index (χ3v) is 14.8. The van der Waals surface area contributed by atoms with Crippen LogP contribution in [0, 0.1) is 57.7 Å². The van der Waals surface area contributed by atoms with Crippen LogP contribution in [0.1, 0.15) is 91.9 Å². The van der Waals surface area contributed by atoms with E-state index in [9.17, 15) is 107 Å². The van der Waals surface area contributed by atoms with Crippen molar-refractivity contribution in [3.8, 4) is 0 Å². The van der Waals surface area contributed by atoms with Crippen molar-refractivity contribution in [2.24, 2.45) is 57.7 Å². The Kier molecular flexibility index (Phi) is 12.2. The van der Waals surface area contributed by atoms with E-state index in [1.165, 1.54) is 0 Å². The molecule has 4 nitrogen and oxygen atoms in total. The van der Waals surface area contributed by atoms with E-state index in [0.29, 0.717) is 25.7 Å². The van der Waals surface area contributed by atoms with Gasteiger partial charge < -0.3 is 14.9 Å². The number of esters is 1. The average molecular weight is 925 g/mol. The lowest BCUT2D eigenvalue weighted by Gasteiger charge is -2.68. The minimum Gasteiger partial charge on any atom is -0.438 e. The summed E-state index contributed by atoms with van der Waals surface area (Å²) in [5.74, 6) is -6.60. The first-order chi connectivity index (χ1) is 26.4. The summed E-state index contributed by atoms with van der Waals surface area (Å²) in [5, 5.41) is 19.5. The molecule has 6 aliphatic rings. The van der Waals surface area contributed by atoms with Gasteiger partial charge in [-0.15, -0.1) is 0 Å². The molecule has 0 aliphatic heterocycles.